The van der Waals surface area contributed by atoms with Crippen LogP contribution in [-0.2, 0) is 5.54 Å². The fraction of sp³-hybridized carbons (Fsp3) is 0.0968. The van der Waals surface area contributed by atoms with Crippen molar-refractivity contribution in [2.24, 2.45) is 0 Å². The van der Waals surface area contributed by atoms with Crippen LogP contribution in [0.5, 0.6) is 0 Å². The first-order chi connectivity index (χ1) is 22.0. The van der Waals surface area contributed by atoms with Crippen LogP contribution in [0, 0.1) is 5.82 Å². The molecule has 4 aromatic carbocycles. The van der Waals surface area contributed by atoms with Crippen LogP contribution in [0.25, 0.3) is 17.2 Å². The molecule has 0 atom stereocenters. The average molecular weight is 631 g/mol. The summed E-state index contributed by atoms with van der Waals surface area (Å²) in [6, 6.07) is 31.2. The largest absolute Gasteiger partial charge is 0.446 e. The number of hydrogen-bond acceptors (Lipinski definition) is 8. The van der Waals surface area contributed by atoms with E-state index in [-0.39, 0.29) is 27.5 Å². The fourth-order valence-electron chi connectivity index (χ4n) is 4.67. The Morgan fingerprint density at radius 3 is 2.00 bits per heavy atom. The molecule has 0 bridgehead atoms. The van der Waals surface area contributed by atoms with Gasteiger partial charge in [0.2, 0.25) is 11.6 Å². The third-order valence-electron chi connectivity index (χ3n) is 6.58. The lowest BCUT2D eigenvalue weighted by atomic mass is 9.77. The summed E-state index contributed by atoms with van der Waals surface area (Å²) in [5.41, 5.74) is 0.512. The fourth-order valence-corrected chi connectivity index (χ4v) is 5.03. The molecule has 0 saturated heterocycles. The van der Waals surface area contributed by atoms with E-state index in [9.17, 15) is 9.18 Å². The Morgan fingerprint density at radius 2 is 1.43 bits per heavy atom. The highest BCUT2D eigenvalue weighted by Gasteiger charge is 2.35. The van der Waals surface area contributed by atoms with Crippen molar-refractivity contribution in [3.63, 3.8) is 0 Å². The van der Waals surface area contributed by atoms with Crippen LogP contribution in [0.15, 0.2) is 128 Å². The van der Waals surface area contributed by atoms with Crippen molar-refractivity contribution in [1.29, 1.82) is 0 Å². The summed E-state index contributed by atoms with van der Waals surface area (Å²) in [5.74, 6) is -2.13. The average Bonchev–Trinajstić information content (AvgIpc) is 3.67. The SMILES string of the molecule is [2H]C([2H])(Nc1nonc1-c1noc(=O)n1-c1ccc(F)c(Br)c1)C([2H])([2H])NC(c1ccccc1)(c1ccccc1)c1ccccc1. The Labute approximate surface area is 253 Å². The van der Waals surface area contributed by atoms with E-state index in [1.807, 2.05) is 91.0 Å². The van der Waals surface area contributed by atoms with Gasteiger partial charge in [0, 0.05) is 15.7 Å². The van der Waals surface area contributed by atoms with Crippen LogP contribution in [0.2, 0.25) is 0 Å². The normalized spacial score (nSPS) is 13.6. The number of nitrogens with one attached hydrogen (secondary N) is 2. The quantitative estimate of drug-likeness (QED) is 0.184. The Morgan fingerprint density at radius 1 is 0.833 bits per heavy atom. The minimum absolute atomic E-state index is 0.0648. The molecule has 0 unspecified atom stereocenters. The molecule has 6 rings (SSSR count). The molecular weight excluding hydrogens is 603 g/mol. The third-order valence-corrected chi connectivity index (χ3v) is 7.19. The lowest BCUT2D eigenvalue weighted by Gasteiger charge is -2.37. The van der Waals surface area contributed by atoms with E-state index in [0.717, 1.165) is 10.6 Å². The number of aromatic nitrogens is 4. The maximum atomic E-state index is 13.9. The second kappa shape index (κ2) is 11.9. The van der Waals surface area contributed by atoms with E-state index in [0.29, 0.717) is 16.7 Å². The molecule has 0 spiro atoms. The highest BCUT2D eigenvalue weighted by Crippen LogP contribution is 2.36. The molecule has 11 heteroatoms. The molecule has 42 heavy (non-hydrogen) atoms. The van der Waals surface area contributed by atoms with Crippen molar-refractivity contribution in [3.05, 3.63) is 147 Å². The summed E-state index contributed by atoms with van der Waals surface area (Å²) >= 11 is 3.08. The van der Waals surface area contributed by atoms with Gasteiger partial charge in [0.15, 0.2) is 5.69 Å². The summed E-state index contributed by atoms with van der Waals surface area (Å²) in [5, 5.41) is 16.7. The van der Waals surface area contributed by atoms with Crippen molar-refractivity contribution in [1.82, 2.24) is 25.4 Å². The number of anilines is 1. The van der Waals surface area contributed by atoms with Crippen LogP contribution in [0.3, 0.4) is 0 Å². The predicted molar refractivity (Wildman–Crippen MR) is 159 cm³/mol. The van der Waals surface area contributed by atoms with Crippen molar-refractivity contribution < 1.29 is 19.0 Å². The Kier molecular flexibility index (Phi) is 6.47. The van der Waals surface area contributed by atoms with Crippen LogP contribution in [0.4, 0.5) is 10.2 Å². The molecule has 0 aliphatic rings. The van der Waals surface area contributed by atoms with Gasteiger partial charge in [-0.1, -0.05) is 96.2 Å². The summed E-state index contributed by atoms with van der Waals surface area (Å²) in [4.78, 5) is 12.6. The van der Waals surface area contributed by atoms with Crippen molar-refractivity contribution in [3.8, 4) is 17.2 Å². The standard InChI is InChI=1S/C31H24BrFN6O3/c32-25-20-24(16-17-26(25)33)39-29(38-41-30(39)40)27-28(37-42-36-27)34-18-19-35-31(21-10-4-1-5-11-21,22-12-6-2-7-13-22)23-14-8-3-9-15-23/h1-17,20,35H,18-19H2,(H,34,37)/i18D2,19D2. The molecular formula is C31H24BrFN6O3. The molecule has 0 aliphatic carbocycles. The van der Waals surface area contributed by atoms with E-state index >= 15 is 0 Å². The second-order valence-corrected chi connectivity index (χ2v) is 9.87. The minimum atomic E-state index is -2.91. The zero-order valence-corrected chi connectivity index (χ0v) is 23.2. The minimum Gasteiger partial charge on any atom is -0.364 e. The van der Waals surface area contributed by atoms with Gasteiger partial charge in [-0.25, -0.2) is 18.4 Å². The molecule has 0 amide bonds. The highest BCUT2D eigenvalue weighted by molar-refractivity contribution is 9.10. The number of halogens is 2. The van der Waals surface area contributed by atoms with E-state index in [2.05, 4.69) is 42.0 Å². The van der Waals surface area contributed by atoms with Crippen LogP contribution in [0.1, 0.15) is 22.2 Å². The molecule has 2 N–H and O–H groups in total. The molecule has 0 fully saturated rings. The van der Waals surface area contributed by atoms with Gasteiger partial charge in [0.05, 0.1) is 18.4 Å². The van der Waals surface area contributed by atoms with Gasteiger partial charge in [0.1, 0.15) is 5.82 Å². The number of nitrogens with zero attached hydrogens (tertiary/aromatic N) is 4. The molecule has 6 aromatic rings. The summed E-state index contributed by atoms with van der Waals surface area (Å²) in [6.07, 6.45) is 0. The number of benzene rings is 4. The maximum absolute atomic E-state index is 13.9. The molecule has 0 aliphatic heterocycles. The monoisotopic (exact) mass is 630 g/mol. The van der Waals surface area contributed by atoms with Gasteiger partial charge in [-0.2, -0.15) is 0 Å². The van der Waals surface area contributed by atoms with Gasteiger partial charge >= 0.3 is 5.76 Å². The summed E-state index contributed by atoms with van der Waals surface area (Å²) in [6.45, 7) is -5.74. The smallest absolute Gasteiger partial charge is 0.364 e. The van der Waals surface area contributed by atoms with E-state index in [1.54, 1.807) is 0 Å². The zero-order chi connectivity index (χ0) is 32.5. The zero-order valence-electron chi connectivity index (χ0n) is 25.7. The van der Waals surface area contributed by atoms with Gasteiger partial charge in [-0.05, 0) is 61.1 Å². The molecule has 2 heterocycles. The van der Waals surface area contributed by atoms with Gasteiger partial charge in [-0.15, -0.1) is 0 Å². The molecule has 9 nitrogen and oxygen atoms in total. The van der Waals surface area contributed by atoms with Gasteiger partial charge < -0.3 is 5.32 Å². The number of hydrogen-bond donors (Lipinski definition) is 2. The predicted octanol–water partition coefficient (Wildman–Crippen LogP) is 5.77. The van der Waals surface area contributed by atoms with Crippen molar-refractivity contribution >= 4 is 21.7 Å². The lowest BCUT2D eigenvalue weighted by molar-refractivity contribution is 0.309. The Balaban J connectivity index is 1.42. The maximum Gasteiger partial charge on any atom is 0.446 e. The molecule has 2 aromatic heterocycles. The van der Waals surface area contributed by atoms with Crippen LogP contribution < -0.4 is 16.4 Å². The second-order valence-electron chi connectivity index (χ2n) is 9.02. The van der Waals surface area contributed by atoms with E-state index < -0.39 is 30.1 Å². The molecule has 210 valence electrons. The van der Waals surface area contributed by atoms with Crippen LogP contribution in [-0.4, -0.2) is 33.0 Å². The third kappa shape index (κ3) is 5.15. The first-order valence-corrected chi connectivity index (χ1v) is 13.4. The summed E-state index contributed by atoms with van der Waals surface area (Å²) < 4.78 is 60.9. The Bertz CT molecular complexity index is 1930. The molecule has 0 saturated carbocycles. The first-order valence-electron chi connectivity index (χ1n) is 14.6. The van der Waals surface area contributed by atoms with Gasteiger partial charge in [0.25, 0.3) is 0 Å². The van der Waals surface area contributed by atoms with E-state index in [1.165, 1.54) is 12.1 Å². The lowest BCUT2D eigenvalue weighted by Crippen LogP contribution is -2.46. The topological polar surface area (TPSA) is 111 Å². The van der Waals surface area contributed by atoms with Crippen molar-refractivity contribution in [2.45, 2.75) is 5.54 Å². The first kappa shape index (κ1) is 22.8. The highest BCUT2D eigenvalue weighted by atomic mass is 79.9. The Hall–Kier alpha value is -4.87. The van der Waals surface area contributed by atoms with Crippen molar-refractivity contribution in [2.75, 3.05) is 18.3 Å². The molecule has 0 radical (unpaired) electrons. The summed E-state index contributed by atoms with van der Waals surface area (Å²) in [7, 11) is 0. The van der Waals surface area contributed by atoms with E-state index in [4.69, 9.17) is 14.6 Å². The van der Waals surface area contributed by atoms with Gasteiger partial charge in [-0.3, -0.25) is 9.84 Å². The van der Waals surface area contributed by atoms with Crippen LogP contribution >= 0.6 is 15.9 Å². The number of rotatable bonds is 10.